The topological polar surface area (TPSA) is 81.5 Å². The van der Waals surface area contributed by atoms with E-state index in [-0.39, 0.29) is 29.3 Å². The van der Waals surface area contributed by atoms with E-state index in [2.05, 4.69) is 4.98 Å². The predicted octanol–water partition coefficient (Wildman–Crippen LogP) is 4.11. The van der Waals surface area contributed by atoms with Crippen molar-refractivity contribution in [3.8, 4) is 0 Å². The largest absolute Gasteiger partial charge is 0.383 e. The van der Waals surface area contributed by atoms with Gasteiger partial charge in [-0.1, -0.05) is 56.3 Å². The second kappa shape index (κ2) is 11.4. The Hall–Kier alpha value is -2.97. The van der Waals surface area contributed by atoms with Crippen molar-refractivity contribution < 1.29 is 17.9 Å². The molecule has 1 amide bonds. The summed E-state index contributed by atoms with van der Waals surface area (Å²) in [5, 5.41) is 0.0401. The average Bonchev–Trinajstić information content (AvgIpc) is 3.20. The molecule has 0 unspecified atom stereocenters. The number of carbonyl (C=O) groups is 1. The number of carbonyl (C=O) groups excluding carboxylic acids is 1. The maximum atomic E-state index is 13.4. The second-order valence-electron chi connectivity index (χ2n) is 8.81. The minimum absolute atomic E-state index is 0.0401. The van der Waals surface area contributed by atoms with Crippen LogP contribution in [0, 0.1) is 12.8 Å². The molecule has 7 nitrogen and oxygen atoms in total. The van der Waals surface area contributed by atoms with E-state index < -0.39 is 9.84 Å². The smallest absolute Gasteiger partial charge is 0.254 e. The molecule has 1 aromatic heterocycles. The Bertz CT molecular complexity index is 1200. The number of aromatic nitrogens is 2. The molecular formula is C26H33N3O4S. The number of rotatable bonds is 11. The summed E-state index contributed by atoms with van der Waals surface area (Å²) in [6, 6.07) is 16.5. The Kier molecular flexibility index (Phi) is 8.63. The number of amides is 1. The molecule has 0 saturated heterocycles. The predicted molar refractivity (Wildman–Crippen MR) is 132 cm³/mol. The fourth-order valence-corrected chi connectivity index (χ4v) is 5.38. The lowest BCUT2D eigenvalue weighted by molar-refractivity contribution is 0.0675. The summed E-state index contributed by atoms with van der Waals surface area (Å²) < 4.78 is 33.8. The number of sulfone groups is 1. The van der Waals surface area contributed by atoms with Gasteiger partial charge in [0.05, 0.1) is 30.8 Å². The molecule has 0 spiro atoms. The summed E-state index contributed by atoms with van der Waals surface area (Å²) in [5.41, 5.74) is 2.93. The molecule has 0 N–H and O–H groups in total. The summed E-state index contributed by atoms with van der Waals surface area (Å²) >= 11 is 0. The van der Waals surface area contributed by atoms with Gasteiger partial charge in [0.25, 0.3) is 5.91 Å². The lowest BCUT2D eigenvalue weighted by atomic mass is 10.1. The highest BCUT2D eigenvalue weighted by Gasteiger charge is 2.26. The van der Waals surface area contributed by atoms with Gasteiger partial charge >= 0.3 is 0 Å². The highest BCUT2D eigenvalue weighted by molar-refractivity contribution is 7.90. The van der Waals surface area contributed by atoms with E-state index in [1.807, 2.05) is 63.2 Å². The number of nitrogens with zero attached hydrogens (tertiary/aromatic N) is 3. The first-order chi connectivity index (χ1) is 16.2. The van der Waals surface area contributed by atoms with Gasteiger partial charge < -0.3 is 14.2 Å². The Morgan fingerprint density at radius 3 is 2.41 bits per heavy atom. The second-order valence-corrected chi connectivity index (χ2v) is 10.7. The van der Waals surface area contributed by atoms with E-state index in [4.69, 9.17) is 4.74 Å². The molecule has 34 heavy (non-hydrogen) atoms. The van der Waals surface area contributed by atoms with Crippen LogP contribution < -0.4 is 0 Å². The third kappa shape index (κ3) is 6.33. The molecule has 182 valence electrons. The lowest BCUT2D eigenvalue weighted by Gasteiger charge is -2.24. The first-order valence-corrected chi connectivity index (χ1v) is 13.0. The molecule has 0 atom stereocenters. The van der Waals surface area contributed by atoms with Crippen LogP contribution >= 0.6 is 0 Å². The minimum atomic E-state index is -3.69. The van der Waals surface area contributed by atoms with Gasteiger partial charge in [0.2, 0.25) is 15.0 Å². The molecule has 0 aliphatic rings. The number of methoxy groups -OCH3 is 1. The average molecular weight is 484 g/mol. The third-order valence-corrected chi connectivity index (χ3v) is 7.13. The molecule has 1 heterocycles. The van der Waals surface area contributed by atoms with Gasteiger partial charge in [-0.05, 0) is 36.1 Å². The van der Waals surface area contributed by atoms with Gasteiger partial charge in [-0.2, -0.15) is 0 Å². The Balaban J connectivity index is 1.96. The van der Waals surface area contributed by atoms with Crippen molar-refractivity contribution in [1.29, 1.82) is 0 Å². The molecule has 3 rings (SSSR count). The zero-order chi connectivity index (χ0) is 24.7. The fraction of sp³-hybridized carbons (Fsp3) is 0.385. The van der Waals surface area contributed by atoms with E-state index in [1.165, 1.54) is 0 Å². The SMILES string of the molecule is COCCN(Cc1cnc(S(=O)(=O)Cc2ccccc2C)n1CC(C)C)C(=O)c1ccccc1. The van der Waals surface area contributed by atoms with E-state index >= 15 is 0 Å². The molecule has 2 aromatic carbocycles. The van der Waals surface area contributed by atoms with Crippen LogP contribution in [-0.2, 0) is 33.4 Å². The monoisotopic (exact) mass is 483 g/mol. The Morgan fingerprint density at radius 1 is 1.09 bits per heavy atom. The van der Waals surface area contributed by atoms with Crippen molar-refractivity contribution in [2.45, 2.75) is 44.8 Å². The Morgan fingerprint density at radius 2 is 1.76 bits per heavy atom. The Labute approximate surface area is 202 Å². The number of aryl methyl sites for hydroxylation is 1. The first kappa shape index (κ1) is 25.6. The van der Waals surface area contributed by atoms with Crippen LogP contribution in [-0.4, -0.2) is 49.0 Å². The van der Waals surface area contributed by atoms with Gasteiger partial charge in [-0.3, -0.25) is 4.79 Å². The van der Waals surface area contributed by atoms with E-state index in [0.717, 1.165) is 11.1 Å². The molecule has 0 fully saturated rings. The van der Waals surface area contributed by atoms with Crippen molar-refractivity contribution in [2.24, 2.45) is 5.92 Å². The fourth-order valence-electron chi connectivity index (χ4n) is 3.78. The lowest BCUT2D eigenvalue weighted by Crippen LogP contribution is -2.34. The maximum Gasteiger partial charge on any atom is 0.254 e. The van der Waals surface area contributed by atoms with Crippen LogP contribution in [0.25, 0.3) is 0 Å². The van der Waals surface area contributed by atoms with Gasteiger partial charge in [0.1, 0.15) is 0 Å². The zero-order valence-corrected chi connectivity index (χ0v) is 21.1. The van der Waals surface area contributed by atoms with Crippen LogP contribution in [0.1, 0.15) is 41.0 Å². The van der Waals surface area contributed by atoms with Crippen LogP contribution in [0.2, 0.25) is 0 Å². The quantitative estimate of drug-likeness (QED) is 0.410. The van der Waals surface area contributed by atoms with Crippen LogP contribution in [0.3, 0.4) is 0 Å². The van der Waals surface area contributed by atoms with E-state index in [0.29, 0.717) is 31.0 Å². The summed E-state index contributed by atoms with van der Waals surface area (Å²) in [5.74, 6) is -0.0678. The highest BCUT2D eigenvalue weighted by Crippen LogP contribution is 2.22. The number of ether oxygens (including phenoxy) is 1. The molecular weight excluding hydrogens is 450 g/mol. The van der Waals surface area contributed by atoms with E-state index in [1.54, 1.807) is 34.9 Å². The van der Waals surface area contributed by atoms with Crippen LogP contribution in [0.5, 0.6) is 0 Å². The molecule has 0 aliphatic carbocycles. The van der Waals surface area contributed by atoms with Crippen molar-refractivity contribution in [1.82, 2.24) is 14.5 Å². The van der Waals surface area contributed by atoms with Gasteiger partial charge in [0.15, 0.2) is 0 Å². The van der Waals surface area contributed by atoms with Crippen molar-refractivity contribution in [2.75, 3.05) is 20.3 Å². The van der Waals surface area contributed by atoms with Gasteiger partial charge in [0, 0.05) is 25.8 Å². The van der Waals surface area contributed by atoms with Crippen molar-refractivity contribution in [3.63, 3.8) is 0 Å². The maximum absolute atomic E-state index is 13.4. The molecule has 0 saturated carbocycles. The molecule has 0 aliphatic heterocycles. The molecule has 0 radical (unpaired) electrons. The zero-order valence-electron chi connectivity index (χ0n) is 20.3. The standard InChI is InChI=1S/C26H33N3O4S/c1-20(2)17-29-24(18-28(14-15-33-4)25(30)22-11-6-5-7-12-22)16-27-26(29)34(31,32)19-23-13-9-8-10-21(23)3/h5-13,16,20H,14-15,17-19H2,1-4H3. The number of imidazole rings is 1. The first-order valence-electron chi connectivity index (χ1n) is 11.4. The number of benzene rings is 2. The molecule has 3 aromatic rings. The van der Waals surface area contributed by atoms with Crippen LogP contribution in [0.4, 0.5) is 0 Å². The van der Waals surface area contributed by atoms with Crippen molar-refractivity contribution in [3.05, 3.63) is 83.2 Å². The molecule has 8 heteroatoms. The summed E-state index contributed by atoms with van der Waals surface area (Å²) in [7, 11) is -2.10. The van der Waals surface area contributed by atoms with Gasteiger partial charge in [-0.25, -0.2) is 13.4 Å². The summed E-state index contributed by atoms with van der Waals surface area (Å²) in [6.45, 7) is 7.42. The molecule has 0 bridgehead atoms. The third-order valence-electron chi connectivity index (χ3n) is 5.56. The normalized spacial score (nSPS) is 11.7. The summed E-state index contributed by atoms with van der Waals surface area (Å²) in [4.78, 5) is 19.2. The van der Waals surface area contributed by atoms with Crippen LogP contribution in [0.15, 0.2) is 66.0 Å². The minimum Gasteiger partial charge on any atom is -0.383 e. The number of hydrogen-bond acceptors (Lipinski definition) is 5. The highest BCUT2D eigenvalue weighted by atomic mass is 32.2. The van der Waals surface area contributed by atoms with Gasteiger partial charge in [-0.15, -0.1) is 0 Å². The van der Waals surface area contributed by atoms with E-state index in [9.17, 15) is 13.2 Å². The number of hydrogen-bond donors (Lipinski definition) is 0. The van der Waals surface area contributed by atoms with Crippen molar-refractivity contribution >= 4 is 15.7 Å². The summed E-state index contributed by atoms with van der Waals surface area (Å²) in [6.07, 6.45) is 1.57.